The lowest BCUT2D eigenvalue weighted by Gasteiger charge is -2.27. The van der Waals surface area contributed by atoms with E-state index in [-0.39, 0.29) is 5.97 Å². The molecule has 32 heavy (non-hydrogen) atoms. The number of hydrogen-bond acceptors (Lipinski definition) is 5. The number of nitrogens with zero attached hydrogens (tertiary/aromatic N) is 1. The Bertz CT molecular complexity index is 1150. The average molecular weight is 463 g/mol. The first-order valence-corrected chi connectivity index (χ1v) is 11.8. The van der Waals surface area contributed by atoms with Crippen LogP contribution in [0.5, 0.6) is 0 Å². The van der Waals surface area contributed by atoms with Gasteiger partial charge in [-0.3, -0.25) is 0 Å². The van der Waals surface area contributed by atoms with Crippen LogP contribution in [0.2, 0.25) is 5.02 Å². The third-order valence-electron chi connectivity index (χ3n) is 5.02. The van der Waals surface area contributed by atoms with Crippen molar-refractivity contribution in [3.63, 3.8) is 0 Å². The van der Waals surface area contributed by atoms with E-state index < -0.39 is 6.04 Å². The van der Waals surface area contributed by atoms with E-state index in [1.54, 1.807) is 11.8 Å². The van der Waals surface area contributed by atoms with Crippen molar-refractivity contribution in [1.82, 2.24) is 5.32 Å². The Labute approximate surface area is 197 Å². The molecule has 0 saturated carbocycles. The minimum atomic E-state index is -0.472. The third kappa shape index (κ3) is 5.06. The fraction of sp³-hybridized carbons (Fsp3) is 0.154. The van der Waals surface area contributed by atoms with Crippen LogP contribution < -0.4 is 5.32 Å². The van der Waals surface area contributed by atoms with Crippen molar-refractivity contribution in [3.8, 4) is 0 Å². The molecule has 3 aromatic carbocycles. The van der Waals surface area contributed by atoms with Gasteiger partial charge in [-0.05, 0) is 29.7 Å². The molecule has 0 unspecified atom stereocenters. The molecule has 4 nitrogen and oxygen atoms in total. The molecule has 0 aromatic heterocycles. The maximum Gasteiger partial charge on any atom is 0.338 e. The second kappa shape index (κ2) is 10.5. The number of halogens is 1. The number of aliphatic imine (C=N–C) groups is 1. The molecule has 1 N–H and O–H groups in total. The Morgan fingerprint density at radius 2 is 1.66 bits per heavy atom. The molecule has 1 heterocycles. The van der Waals surface area contributed by atoms with E-state index in [0.29, 0.717) is 17.9 Å². The van der Waals surface area contributed by atoms with E-state index in [2.05, 4.69) is 5.32 Å². The van der Waals surface area contributed by atoms with E-state index in [1.807, 2.05) is 91.9 Å². The molecule has 6 heteroatoms. The second-order valence-electron chi connectivity index (χ2n) is 7.13. The fourth-order valence-corrected chi connectivity index (χ4v) is 4.67. The largest absolute Gasteiger partial charge is 0.463 e. The molecule has 0 radical (unpaired) electrons. The summed E-state index contributed by atoms with van der Waals surface area (Å²) in [5.74, 6) is 0.288. The summed E-state index contributed by atoms with van der Waals surface area (Å²) in [6.07, 6.45) is 0. The minimum absolute atomic E-state index is 0.295. The van der Waals surface area contributed by atoms with Gasteiger partial charge in [0.25, 0.3) is 0 Å². The van der Waals surface area contributed by atoms with Gasteiger partial charge in [-0.15, -0.1) is 0 Å². The average Bonchev–Trinajstić information content (AvgIpc) is 2.84. The van der Waals surface area contributed by atoms with Gasteiger partial charge in [0.1, 0.15) is 6.04 Å². The van der Waals surface area contributed by atoms with Crippen molar-refractivity contribution in [3.05, 3.63) is 112 Å². The van der Waals surface area contributed by atoms with E-state index in [1.165, 1.54) is 0 Å². The topological polar surface area (TPSA) is 50.7 Å². The number of benzene rings is 3. The van der Waals surface area contributed by atoms with Crippen LogP contribution >= 0.6 is 23.4 Å². The summed E-state index contributed by atoms with van der Waals surface area (Å²) in [5, 5.41) is 4.85. The van der Waals surface area contributed by atoms with Crippen molar-refractivity contribution in [2.75, 3.05) is 6.61 Å². The highest BCUT2D eigenvalue weighted by atomic mass is 35.5. The quantitative estimate of drug-likeness (QED) is 0.440. The van der Waals surface area contributed by atoms with E-state index in [0.717, 1.165) is 32.6 Å². The Kier molecular flexibility index (Phi) is 7.30. The van der Waals surface area contributed by atoms with Gasteiger partial charge < -0.3 is 10.1 Å². The first-order chi connectivity index (χ1) is 15.7. The summed E-state index contributed by atoms with van der Waals surface area (Å²) >= 11 is 7.90. The first kappa shape index (κ1) is 22.2. The Morgan fingerprint density at radius 3 is 2.34 bits per heavy atom. The highest BCUT2D eigenvalue weighted by molar-refractivity contribution is 8.13. The Hall–Kier alpha value is -3.02. The fourth-order valence-electron chi connectivity index (χ4n) is 3.49. The molecule has 0 spiro atoms. The molecule has 1 atom stereocenters. The van der Waals surface area contributed by atoms with Gasteiger partial charge in [0.15, 0.2) is 5.17 Å². The highest BCUT2D eigenvalue weighted by Crippen LogP contribution is 2.37. The maximum atomic E-state index is 13.1. The molecular weight excluding hydrogens is 440 g/mol. The molecule has 0 amide bonds. The highest BCUT2D eigenvalue weighted by Gasteiger charge is 2.32. The second-order valence-corrected chi connectivity index (χ2v) is 8.50. The Balaban J connectivity index is 1.76. The number of thioether (sulfide) groups is 1. The SMILES string of the molecule is CCOC(=O)C1=C(c2ccccc2)NC(SCc2ccccc2Cl)=N[C@@H]1c1ccccc1. The summed E-state index contributed by atoms with van der Waals surface area (Å²) in [4.78, 5) is 18.0. The van der Waals surface area contributed by atoms with Crippen LogP contribution in [-0.2, 0) is 15.3 Å². The van der Waals surface area contributed by atoms with Crippen molar-refractivity contribution in [2.24, 2.45) is 4.99 Å². The van der Waals surface area contributed by atoms with Gasteiger partial charge in [-0.25, -0.2) is 9.79 Å². The molecule has 1 aliphatic rings. The number of carbonyl (C=O) groups excluding carboxylic acids is 1. The van der Waals surface area contributed by atoms with Gasteiger partial charge in [-0.2, -0.15) is 0 Å². The normalized spacial score (nSPS) is 15.7. The molecule has 0 bridgehead atoms. The standard InChI is InChI=1S/C26H23ClN2O2S/c1-2-31-25(30)22-23(18-11-5-3-6-12-18)28-26(29-24(22)19-13-7-4-8-14-19)32-17-20-15-9-10-16-21(20)27/h3-16,23H,2,17H2,1H3,(H,28,29)/t23-/m1/s1. The third-order valence-corrected chi connectivity index (χ3v) is 6.32. The van der Waals surface area contributed by atoms with Crippen LogP contribution in [0.3, 0.4) is 0 Å². The van der Waals surface area contributed by atoms with Crippen molar-refractivity contribution >= 4 is 40.2 Å². The molecule has 162 valence electrons. The summed E-state index contributed by atoms with van der Waals surface area (Å²) in [6.45, 7) is 2.10. The summed E-state index contributed by atoms with van der Waals surface area (Å²) < 4.78 is 5.43. The van der Waals surface area contributed by atoms with E-state index >= 15 is 0 Å². The number of nitrogens with one attached hydrogen (secondary N) is 1. The Morgan fingerprint density at radius 1 is 1.00 bits per heavy atom. The summed E-state index contributed by atoms with van der Waals surface area (Å²) in [5.41, 5.74) is 4.09. The lowest BCUT2D eigenvalue weighted by molar-refractivity contribution is -0.138. The van der Waals surface area contributed by atoms with Gasteiger partial charge in [0, 0.05) is 10.8 Å². The zero-order valence-electron chi connectivity index (χ0n) is 17.6. The van der Waals surface area contributed by atoms with Crippen molar-refractivity contribution in [2.45, 2.75) is 18.7 Å². The van der Waals surface area contributed by atoms with Crippen LogP contribution in [0, 0.1) is 0 Å². The zero-order chi connectivity index (χ0) is 22.3. The van der Waals surface area contributed by atoms with Crippen molar-refractivity contribution in [1.29, 1.82) is 0 Å². The molecule has 0 aliphatic carbocycles. The van der Waals surface area contributed by atoms with E-state index in [4.69, 9.17) is 21.3 Å². The molecule has 0 saturated heterocycles. The van der Waals surface area contributed by atoms with Crippen LogP contribution in [0.15, 0.2) is 95.5 Å². The predicted molar refractivity (Wildman–Crippen MR) is 132 cm³/mol. The smallest absolute Gasteiger partial charge is 0.338 e. The lowest BCUT2D eigenvalue weighted by atomic mass is 9.94. The molecular formula is C26H23ClN2O2S. The molecule has 0 fully saturated rings. The van der Waals surface area contributed by atoms with Crippen molar-refractivity contribution < 1.29 is 9.53 Å². The first-order valence-electron chi connectivity index (χ1n) is 10.4. The van der Waals surface area contributed by atoms with Gasteiger partial charge in [-0.1, -0.05) is 102 Å². The number of hydrogen-bond donors (Lipinski definition) is 1. The minimum Gasteiger partial charge on any atom is -0.463 e. The van der Waals surface area contributed by atoms with Gasteiger partial charge >= 0.3 is 5.97 Å². The molecule has 3 aromatic rings. The number of ether oxygens (including phenoxy) is 1. The van der Waals surface area contributed by atoms with Crippen LogP contribution in [0.1, 0.15) is 29.7 Å². The summed E-state index contributed by atoms with van der Waals surface area (Å²) in [6, 6.07) is 26.9. The number of amidine groups is 1. The summed E-state index contributed by atoms with van der Waals surface area (Å²) in [7, 11) is 0. The number of esters is 1. The zero-order valence-corrected chi connectivity index (χ0v) is 19.2. The van der Waals surface area contributed by atoms with Gasteiger partial charge in [0.2, 0.25) is 0 Å². The van der Waals surface area contributed by atoms with Gasteiger partial charge in [0.05, 0.1) is 17.9 Å². The lowest BCUT2D eigenvalue weighted by Crippen LogP contribution is -2.31. The van der Waals surface area contributed by atoms with E-state index in [9.17, 15) is 4.79 Å². The predicted octanol–water partition coefficient (Wildman–Crippen LogP) is 6.25. The van der Waals surface area contributed by atoms with Crippen LogP contribution in [0.25, 0.3) is 5.70 Å². The number of carbonyl (C=O) groups is 1. The number of rotatable bonds is 6. The monoisotopic (exact) mass is 462 g/mol. The maximum absolute atomic E-state index is 13.1. The van der Waals surface area contributed by atoms with Crippen LogP contribution in [0.4, 0.5) is 0 Å². The molecule has 4 rings (SSSR count). The molecule has 1 aliphatic heterocycles. The van der Waals surface area contributed by atoms with Crippen LogP contribution in [-0.4, -0.2) is 17.7 Å².